The van der Waals surface area contributed by atoms with E-state index in [1.807, 2.05) is 0 Å². The Morgan fingerprint density at radius 2 is 2.05 bits per heavy atom. The van der Waals surface area contributed by atoms with Crippen molar-refractivity contribution in [2.24, 2.45) is 5.92 Å². The van der Waals surface area contributed by atoms with Crippen molar-refractivity contribution in [3.05, 3.63) is 0 Å². The van der Waals surface area contributed by atoms with Crippen LogP contribution in [0.25, 0.3) is 0 Å². The Bertz CT molecular complexity index is 327. The predicted molar refractivity (Wildman–Crippen MR) is 77.1 cm³/mol. The molecular formula is C12H18Cl2O4S. The number of halogens is 2. The lowest BCUT2D eigenvalue weighted by Crippen LogP contribution is -2.33. The predicted octanol–water partition coefficient (Wildman–Crippen LogP) is 2.75. The Hall–Kier alpha value is 0.0300. The molecule has 0 aromatic heterocycles. The quantitative estimate of drug-likeness (QED) is 0.759. The number of carbonyl (C=O) groups excluding carboxylic acids is 1. The second kappa shape index (κ2) is 8.35. The number of ether oxygens (including phenoxy) is 1. The van der Waals surface area contributed by atoms with Crippen molar-refractivity contribution in [2.75, 3.05) is 12.4 Å². The van der Waals surface area contributed by atoms with Gasteiger partial charge in [-0.1, -0.05) is 11.8 Å². The van der Waals surface area contributed by atoms with Crippen LogP contribution in [0.2, 0.25) is 0 Å². The molecule has 0 aromatic carbocycles. The lowest BCUT2D eigenvalue weighted by atomic mass is 9.96. The van der Waals surface area contributed by atoms with Crippen molar-refractivity contribution >= 4 is 46.0 Å². The summed E-state index contributed by atoms with van der Waals surface area (Å²) in [6.45, 7) is 1.53. The Kier molecular flexibility index (Phi) is 7.50. The molecule has 1 aliphatic rings. The normalized spacial score (nSPS) is 28.9. The van der Waals surface area contributed by atoms with Crippen molar-refractivity contribution in [1.82, 2.24) is 0 Å². The van der Waals surface area contributed by atoms with E-state index in [4.69, 9.17) is 33.0 Å². The third kappa shape index (κ3) is 6.34. The molecule has 0 saturated heterocycles. The summed E-state index contributed by atoms with van der Waals surface area (Å²) in [5, 5.41) is 8.80. The monoisotopic (exact) mass is 328 g/mol. The zero-order valence-corrected chi connectivity index (χ0v) is 13.0. The van der Waals surface area contributed by atoms with Gasteiger partial charge in [-0.2, -0.15) is 0 Å². The second-order valence-corrected chi connectivity index (χ2v) is 6.96. The van der Waals surface area contributed by atoms with Gasteiger partial charge in [-0.25, -0.2) is 0 Å². The minimum absolute atomic E-state index is 0.0370. The zero-order chi connectivity index (χ0) is 14.4. The largest absolute Gasteiger partial charge is 0.481 e. The molecule has 0 aliphatic heterocycles. The minimum Gasteiger partial charge on any atom is -0.481 e. The molecule has 4 atom stereocenters. The van der Waals surface area contributed by atoms with Gasteiger partial charge in [0.2, 0.25) is 0 Å². The van der Waals surface area contributed by atoms with E-state index in [0.29, 0.717) is 6.42 Å². The van der Waals surface area contributed by atoms with Crippen LogP contribution >= 0.6 is 35.0 Å². The van der Waals surface area contributed by atoms with Crippen LogP contribution in [0.1, 0.15) is 26.2 Å². The third-order valence-electron chi connectivity index (χ3n) is 3.02. The lowest BCUT2D eigenvalue weighted by molar-refractivity contribution is -0.143. The second-order valence-electron chi connectivity index (χ2n) is 4.64. The zero-order valence-electron chi connectivity index (χ0n) is 10.7. The van der Waals surface area contributed by atoms with Crippen LogP contribution in [-0.4, -0.2) is 45.4 Å². The molecule has 0 heterocycles. The fraction of sp³-hybridized carbons (Fsp3) is 0.833. The van der Waals surface area contributed by atoms with E-state index >= 15 is 0 Å². The van der Waals surface area contributed by atoms with Crippen molar-refractivity contribution in [3.8, 4) is 0 Å². The van der Waals surface area contributed by atoms with Gasteiger partial charge in [-0.15, -0.1) is 23.2 Å². The summed E-state index contributed by atoms with van der Waals surface area (Å²) in [5.41, 5.74) is 0. The van der Waals surface area contributed by atoms with Crippen molar-refractivity contribution in [3.63, 3.8) is 0 Å². The van der Waals surface area contributed by atoms with Crippen LogP contribution < -0.4 is 0 Å². The van der Waals surface area contributed by atoms with Crippen LogP contribution in [0.3, 0.4) is 0 Å². The molecular weight excluding hydrogens is 311 g/mol. The molecule has 1 fully saturated rings. The average molecular weight is 329 g/mol. The SMILES string of the molecule is CC(=O)SCC(COC1CCC(Cl)C(Cl)C1)C(=O)O. The Balaban J connectivity index is 2.35. The van der Waals surface area contributed by atoms with E-state index in [2.05, 4.69) is 0 Å². The number of thioether (sulfide) groups is 1. The van der Waals surface area contributed by atoms with E-state index in [1.54, 1.807) is 0 Å². The maximum absolute atomic E-state index is 11.0. The lowest BCUT2D eigenvalue weighted by Gasteiger charge is -2.29. The number of aliphatic carboxylic acids is 1. The van der Waals surface area contributed by atoms with Crippen LogP contribution in [0.4, 0.5) is 0 Å². The molecule has 1 rings (SSSR count). The van der Waals surface area contributed by atoms with Gasteiger partial charge in [-0.3, -0.25) is 9.59 Å². The minimum atomic E-state index is -0.942. The first kappa shape index (κ1) is 17.1. The molecule has 1 N–H and O–H groups in total. The van der Waals surface area contributed by atoms with E-state index in [-0.39, 0.29) is 34.3 Å². The Morgan fingerprint density at radius 3 is 2.58 bits per heavy atom. The maximum Gasteiger partial charge on any atom is 0.309 e. The smallest absolute Gasteiger partial charge is 0.309 e. The molecule has 0 bridgehead atoms. The van der Waals surface area contributed by atoms with E-state index in [9.17, 15) is 9.59 Å². The van der Waals surface area contributed by atoms with Gasteiger partial charge in [0.25, 0.3) is 0 Å². The highest BCUT2D eigenvalue weighted by Gasteiger charge is 2.29. The summed E-state index contributed by atoms with van der Waals surface area (Å²) in [5.74, 6) is -1.38. The number of carbonyl (C=O) groups is 2. The molecule has 110 valence electrons. The fourth-order valence-corrected chi connectivity index (χ4v) is 3.08. The highest BCUT2D eigenvalue weighted by Crippen LogP contribution is 2.29. The van der Waals surface area contributed by atoms with E-state index in [0.717, 1.165) is 24.6 Å². The number of hydrogen-bond acceptors (Lipinski definition) is 4. The van der Waals surface area contributed by atoms with Crippen molar-refractivity contribution in [2.45, 2.75) is 43.0 Å². The molecule has 4 unspecified atom stereocenters. The maximum atomic E-state index is 11.0. The average Bonchev–Trinajstić information content (AvgIpc) is 2.32. The summed E-state index contributed by atoms with van der Waals surface area (Å²) in [6.07, 6.45) is 2.17. The van der Waals surface area contributed by atoms with E-state index in [1.165, 1.54) is 6.92 Å². The summed E-state index contributed by atoms with van der Waals surface area (Å²) in [7, 11) is 0. The topological polar surface area (TPSA) is 63.6 Å². The summed E-state index contributed by atoms with van der Waals surface area (Å²) >= 11 is 13.1. The molecule has 0 spiro atoms. The van der Waals surface area contributed by atoms with Crippen LogP contribution in [0, 0.1) is 5.92 Å². The van der Waals surface area contributed by atoms with Gasteiger partial charge in [0.05, 0.1) is 29.4 Å². The highest BCUT2D eigenvalue weighted by molar-refractivity contribution is 8.13. The molecule has 1 saturated carbocycles. The van der Waals surface area contributed by atoms with Crippen LogP contribution in [-0.2, 0) is 14.3 Å². The van der Waals surface area contributed by atoms with Crippen LogP contribution in [0.5, 0.6) is 0 Å². The standard InChI is InChI=1S/C12H18Cl2O4S/c1-7(15)19-6-8(12(16)17)5-18-9-2-3-10(13)11(14)4-9/h8-11H,2-6H2,1H3,(H,16,17). The highest BCUT2D eigenvalue weighted by atomic mass is 35.5. The van der Waals surface area contributed by atoms with E-state index < -0.39 is 11.9 Å². The summed E-state index contributed by atoms with van der Waals surface area (Å²) in [4.78, 5) is 21.9. The van der Waals surface area contributed by atoms with Gasteiger partial charge < -0.3 is 9.84 Å². The number of carboxylic acid groups (broad SMARTS) is 1. The van der Waals surface area contributed by atoms with Gasteiger partial charge in [0.1, 0.15) is 0 Å². The first-order valence-electron chi connectivity index (χ1n) is 6.16. The summed E-state index contributed by atoms with van der Waals surface area (Å²) < 4.78 is 5.61. The van der Waals surface area contributed by atoms with Gasteiger partial charge in [-0.05, 0) is 19.3 Å². The molecule has 7 heteroatoms. The third-order valence-corrected chi connectivity index (χ3v) is 5.12. The number of hydrogen-bond donors (Lipinski definition) is 1. The molecule has 19 heavy (non-hydrogen) atoms. The first-order valence-corrected chi connectivity index (χ1v) is 8.02. The molecule has 1 aliphatic carbocycles. The van der Waals surface area contributed by atoms with Crippen LogP contribution in [0.15, 0.2) is 0 Å². The number of carboxylic acids is 1. The van der Waals surface area contributed by atoms with Crippen molar-refractivity contribution in [1.29, 1.82) is 0 Å². The molecule has 0 aromatic rings. The number of alkyl halides is 2. The summed E-state index contributed by atoms with van der Waals surface area (Å²) in [6, 6.07) is 0. The fourth-order valence-electron chi connectivity index (χ4n) is 1.85. The van der Waals surface area contributed by atoms with Gasteiger partial charge >= 0.3 is 5.97 Å². The molecule has 4 nitrogen and oxygen atoms in total. The Labute approximate surface area is 127 Å². The van der Waals surface area contributed by atoms with Crippen molar-refractivity contribution < 1.29 is 19.4 Å². The molecule has 0 amide bonds. The molecule has 0 radical (unpaired) electrons. The van der Waals surface area contributed by atoms with Gasteiger partial charge in [0, 0.05) is 12.7 Å². The first-order chi connectivity index (χ1) is 8.90. The number of rotatable bonds is 6. The van der Waals surface area contributed by atoms with Gasteiger partial charge in [0.15, 0.2) is 5.12 Å². The Morgan fingerprint density at radius 1 is 1.37 bits per heavy atom.